The molecule has 1 aliphatic carbocycles. The third kappa shape index (κ3) is 9.75. The van der Waals surface area contributed by atoms with E-state index in [1.807, 2.05) is 49.9 Å². The van der Waals surface area contributed by atoms with E-state index in [9.17, 15) is 10.1 Å². The first-order valence-corrected chi connectivity index (χ1v) is 14.4. The number of hydrogen-bond donors (Lipinski definition) is 2. The van der Waals surface area contributed by atoms with Crippen molar-refractivity contribution in [3.63, 3.8) is 0 Å². The van der Waals surface area contributed by atoms with E-state index in [-0.39, 0.29) is 12.6 Å². The number of methoxy groups -OCH3 is 1. The number of carbonyl (C=O) groups is 1. The summed E-state index contributed by atoms with van der Waals surface area (Å²) in [6, 6.07) is 16.4. The number of nitrogens with zero attached hydrogens (tertiary/aromatic N) is 2. The lowest BCUT2D eigenvalue weighted by molar-refractivity contribution is -0.137. The van der Waals surface area contributed by atoms with E-state index < -0.39 is 0 Å². The van der Waals surface area contributed by atoms with Gasteiger partial charge in [-0.2, -0.15) is 5.26 Å². The Balaban J connectivity index is 0.000000276. The van der Waals surface area contributed by atoms with Crippen LogP contribution in [0.3, 0.4) is 0 Å². The van der Waals surface area contributed by atoms with Crippen LogP contribution in [-0.4, -0.2) is 41.2 Å². The van der Waals surface area contributed by atoms with E-state index in [2.05, 4.69) is 40.2 Å². The summed E-state index contributed by atoms with van der Waals surface area (Å²) >= 11 is 0. The zero-order valence-corrected chi connectivity index (χ0v) is 24.5. The molecule has 6 nitrogen and oxygen atoms in total. The molecule has 2 heterocycles. The lowest BCUT2D eigenvalue weighted by Gasteiger charge is -2.34. The minimum absolute atomic E-state index is 0.146. The number of aromatic amines is 1. The molecule has 1 saturated carbocycles. The zero-order chi connectivity index (χ0) is 28.6. The summed E-state index contributed by atoms with van der Waals surface area (Å²) in [6.07, 6.45) is 11.2. The van der Waals surface area contributed by atoms with Crippen LogP contribution < -0.4 is 0 Å². The fraction of sp³-hybridized carbons (Fsp3) is 0.515. The Morgan fingerprint density at radius 3 is 2.31 bits per heavy atom. The van der Waals surface area contributed by atoms with Crippen molar-refractivity contribution >= 4 is 16.9 Å². The first kappa shape index (κ1) is 31.9. The van der Waals surface area contributed by atoms with Gasteiger partial charge in [0, 0.05) is 36.6 Å². The average molecular weight is 534 g/mol. The molecule has 39 heavy (non-hydrogen) atoms. The van der Waals surface area contributed by atoms with E-state index >= 15 is 0 Å². The second-order valence-electron chi connectivity index (χ2n) is 10.0. The third-order valence-corrected chi connectivity index (χ3v) is 7.68. The Bertz CT molecular complexity index is 1180. The Labute approximate surface area is 235 Å². The quantitative estimate of drug-likeness (QED) is 0.261. The number of para-hydroxylation sites is 1. The van der Waals surface area contributed by atoms with Crippen molar-refractivity contribution in [2.45, 2.75) is 79.2 Å². The Morgan fingerprint density at radius 1 is 1.05 bits per heavy atom. The van der Waals surface area contributed by atoms with E-state index in [1.54, 1.807) is 0 Å². The van der Waals surface area contributed by atoms with Crippen molar-refractivity contribution in [1.29, 1.82) is 5.26 Å². The highest BCUT2D eigenvalue weighted by Crippen LogP contribution is 2.35. The largest absolute Gasteiger partial charge is 0.469 e. The summed E-state index contributed by atoms with van der Waals surface area (Å²) in [4.78, 5) is 15.3. The number of carbonyl (C=O) groups excluding carboxylic acids is 1. The van der Waals surface area contributed by atoms with Crippen LogP contribution in [0, 0.1) is 30.2 Å². The molecule has 2 aliphatic rings. The van der Waals surface area contributed by atoms with Crippen LogP contribution in [0.2, 0.25) is 0 Å². The highest BCUT2D eigenvalue weighted by molar-refractivity contribution is 5.84. The molecule has 0 bridgehead atoms. The SMILES string of the molecule is CC.COC(C)=O.Cc1ccccc1CO.N#CN1CCc2c([nH]c3ccccc23)CCC2CCCCC2C1. The molecule has 5 rings (SSSR count). The predicted octanol–water partition coefficient (Wildman–Crippen LogP) is 6.94. The number of aliphatic hydroxyl groups excluding tert-OH is 1. The number of ether oxygens (including phenoxy) is 1. The van der Waals surface area contributed by atoms with Gasteiger partial charge in [0.2, 0.25) is 0 Å². The van der Waals surface area contributed by atoms with Gasteiger partial charge >= 0.3 is 5.97 Å². The molecular formula is C33H47N3O3. The maximum absolute atomic E-state index is 9.59. The molecule has 2 N–H and O–H groups in total. The summed E-state index contributed by atoms with van der Waals surface area (Å²) in [7, 11) is 1.35. The summed E-state index contributed by atoms with van der Waals surface area (Å²) in [5.41, 5.74) is 6.27. The highest BCUT2D eigenvalue weighted by Gasteiger charge is 2.28. The fourth-order valence-corrected chi connectivity index (χ4v) is 5.49. The minimum Gasteiger partial charge on any atom is -0.469 e. The molecule has 1 aromatic heterocycles. The van der Waals surface area contributed by atoms with Crippen LogP contribution in [0.25, 0.3) is 10.9 Å². The number of aromatic nitrogens is 1. The van der Waals surface area contributed by atoms with Crippen LogP contribution >= 0.6 is 0 Å². The van der Waals surface area contributed by atoms with Crippen LogP contribution in [0.4, 0.5) is 0 Å². The molecule has 0 saturated heterocycles. The van der Waals surface area contributed by atoms with Gasteiger partial charge in [0.05, 0.1) is 13.7 Å². The number of rotatable bonds is 1. The molecule has 2 atom stereocenters. The van der Waals surface area contributed by atoms with Gasteiger partial charge in [0.15, 0.2) is 6.19 Å². The van der Waals surface area contributed by atoms with E-state index in [1.165, 1.54) is 68.3 Å². The number of aliphatic hydroxyl groups is 1. The number of H-pyrrole nitrogens is 1. The van der Waals surface area contributed by atoms with Crippen molar-refractivity contribution in [2.24, 2.45) is 11.8 Å². The standard InChI is InChI=1S/C20H25N3.C8H10O.C3H6O2.C2H6/c21-14-23-12-11-18-17-7-3-4-8-19(17)22-20(18)10-9-15-5-1-2-6-16(15)13-23;1-7-4-2-3-5-8(7)6-9;1-3(4)5-2;1-2/h3-4,7-8,15-16,22H,1-2,5-6,9-13H2;2-5,9H,6H2,1H3;1-2H3;1-2H3. The van der Waals surface area contributed by atoms with Crippen LogP contribution in [0.5, 0.6) is 0 Å². The molecule has 3 aromatic rings. The maximum atomic E-state index is 9.59. The van der Waals surface area contributed by atoms with E-state index in [0.29, 0.717) is 5.92 Å². The average Bonchev–Trinajstić information content (AvgIpc) is 3.34. The fourth-order valence-electron chi connectivity index (χ4n) is 5.49. The molecule has 2 unspecified atom stereocenters. The molecule has 212 valence electrons. The topological polar surface area (TPSA) is 89.3 Å². The van der Waals surface area contributed by atoms with Gasteiger partial charge in [0.25, 0.3) is 0 Å². The number of aryl methyl sites for hydroxylation is 2. The monoisotopic (exact) mass is 533 g/mol. The number of benzene rings is 2. The molecule has 1 fully saturated rings. The van der Waals surface area contributed by atoms with Crippen molar-refractivity contribution in [3.8, 4) is 6.19 Å². The molecule has 0 amide bonds. The first-order chi connectivity index (χ1) is 19.0. The van der Waals surface area contributed by atoms with Crippen LogP contribution in [0.15, 0.2) is 48.5 Å². The molecule has 0 radical (unpaired) electrons. The third-order valence-electron chi connectivity index (χ3n) is 7.68. The second kappa shape index (κ2) is 17.3. The van der Waals surface area contributed by atoms with E-state index in [0.717, 1.165) is 43.0 Å². The summed E-state index contributed by atoms with van der Waals surface area (Å²) < 4.78 is 4.11. The number of nitriles is 1. The van der Waals surface area contributed by atoms with Crippen molar-refractivity contribution < 1.29 is 14.6 Å². The van der Waals surface area contributed by atoms with Crippen molar-refractivity contribution in [2.75, 3.05) is 20.2 Å². The van der Waals surface area contributed by atoms with Gasteiger partial charge in [0.1, 0.15) is 0 Å². The van der Waals surface area contributed by atoms with Crippen LogP contribution in [-0.2, 0) is 29.0 Å². The number of fused-ring (bicyclic) bond motifs is 4. The molecule has 0 spiro atoms. The lowest BCUT2D eigenvalue weighted by Crippen LogP contribution is -2.34. The summed E-state index contributed by atoms with van der Waals surface area (Å²) in [6.45, 7) is 9.33. The smallest absolute Gasteiger partial charge is 0.302 e. The normalized spacial score (nSPS) is 18.2. The van der Waals surface area contributed by atoms with Gasteiger partial charge in [-0.3, -0.25) is 4.79 Å². The van der Waals surface area contributed by atoms with Crippen molar-refractivity contribution in [1.82, 2.24) is 9.88 Å². The minimum atomic E-state index is -0.245. The number of esters is 1. The number of hydrogen-bond acceptors (Lipinski definition) is 5. The Hall–Kier alpha value is -3.30. The summed E-state index contributed by atoms with van der Waals surface area (Å²) in [5, 5.41) is 19.6. The number of nitrogens with one attached hydrogen (secondary N) is 1. The predicted molar refractivity (Wildman–Crippen MR) is 159 cm³/mol. The van der Waals surface area contributed by atoms with Gasteiger partial charge in [-0.15, -0.1) is 0 Å². The first-order valence-electron chi connectivity index (χ1n) is 14.4. The molecule has 1 aliphatic heterocycles. The Kier molecular flexibility index (Phi) is 14.2. The van der Waals surface area contributed by atoms with E-state index in [4.69, 9.17) is 5.11 Å². The van der Waals surface area contributed by atoms with Gasteiger partial charge in [-0.25, -0.2) is 0 Å². The lowest BCUT2D eigenvalue weighted by atomic mass is 9.76. The zero-order valence-electron chi connectivity index (χ0n) is 24.5. The van der Waals surface area contributed by atoms with Gasteiger partial charge in [-0.1, -0.05) is 75.6 Å². The second-order valence-corrected chi connectivity index (χ2v) is 10.0. The van der Waals surface area contributed by atoms with Crippen molar-refractivity contribution in [3.05, 3.63) is 70.9 Å². The van der Waals surface area contributed by atoms with Crippen LogP contribution in [0.1, 0.15) is 75.3 Å². The van der Waals surface area contributed by atoms with Gasteiger partial charge in [-0.05, 0) is 67.2 Å². The molecule has 2 aromatic carbocycles. The summed E-state index contributed by atoms with van der Waals surface area (Å²) in [5.74, 6) is 1.26. The van der Waals surface area contributed by atoms with Gasteiger partial charge < -0.3 is 19.7 Å². The molecular weight excluding hydrogens is 486 g/mol. The molecule has 6 heteroatoms. The maximum Gasteiger partial charge on any atom is 0.302 e. The Morgan fingerprint density at radius 2 is 1.69 bits per heavy atom. The highest BCUT2D eigenvalue weighted by atomic mass is 16.5.